The van der Waals surface area contributed by atoms with Crippen molar-refractivity contribution >= 4 is 27.5 Å². The Bertz CT molecular complexity index is 953. The van der Waals surface area contributed by atoms with Gasteiger partial charge in [0.15, 0.2) is 11.4 Å². The summed E-state index contributed by atoms with van der Waals surface area (Å²) in [6.45, 7) is 1.41. The van der Waals surface area contributed by atoms with Crippen LogP contribution in [0.15, 0.2) is 39.5 Å². The number of ether oxygens (including phenoxy) is 2. The topological polar surface area (TPSA) is 65.7 Å². The smallest absolute Gasteiger partial charge is 0.344 e. The molecule has 0 unspecified atom stereocenters. The van der Waals surface area contributed by atoms with Crippen molar-refractivity contribution in [2.75, 3.05) is 14.2 Å². The van der Waals surface area contributed by atoms with Crippen LogP contribution in [0.4, 0.5) is 0 Å². The quantitative estimate of drug-likeness (QED) is 0.422. The molecule has 0 aliphatic rings. The van der Waals surface area contributed by atoms with Crippen LogP contribution in [0.3, 0.4) is 0 Å². The molecule has 112 valence electrons. The molecule has 0 amide bonds. The van der Waals surface area contributed by atoms with E-state index in [1.165, 1.54) is 14.0 Å². The summed E-state index contributed by atoms with van der Waals surface area (Å²) in [6, 6.07) is 8.56. The van der Waals surface area contributed by atoms with Gasteiger partial charge in [0.1, 0.15) is 17.1 Å². The van der Waals surface area contributed by atoms with E-state index in [9.17, 15) is 9.59 Å². The van der Waals surface area contributed by atoms with E-state index in [1.54, 1.807) is 37.4 Å². The average Bonchev–Trinajstić information content (AvgIpc) is 2.53. The van der Waals surface area contributed by atoms with E-state index >= 15 is 0 Å². The van der Waals surface area contributed by atoms with Crippen LogP contribution in [0.1, 0.15) is 17.3 Å². The van der Waals surface area contributed by atoms with Gasteiger partial charge in [-0.3, -0.25) is 4.79 Å². The second-order valence-corrected chi connectivity index (χ2v) is 4.88. The zero-order chi connectivity index (χ0) is 15.9. The maximum Gasteiger partial charge on any atom is 0.344 e. The summed E-state index contributed by atoms with van der Waals surface area (Å²) in [5, 5.41) is 1.78. The minimum absolute atomic E-state index is 0.229. The van der Waals surface area contributed by atoms with E-state index in [-0.39, 0.29) is 16.9 Å². The summed E-state index contributed by atoms with van der Waals surface area (Å²) in [6.07, 6.45) is 0. The first-order valence-electron chi connectivity index (χ1n) is 6.69. The van der Waals surface area contributed by atoms with Crippen LogP contribution in [0.2, 0.25) is 0 Å². The highest BCUT2D eigenvalue weighted by atomic mass is 16.5. The molecule has 5 heteroatoms. The summed E-state index contributed by atoms with van der Waals surface area (Å²) in [4.78, 5) is 24.2. The number of Topliss-reactive ketones (excluding diaryl/α,β-unsaturated/α-hetero) is 1. The molecule has 1 heterocycles. The molecule has 3 rings (SSSR count). The summed E-state index contributed by atoms with van der Waals surface area (Å²) in [7, 11) is 3.02. The number of carbonyl (C=O) groups is 1. The highest BCUT2D eigenvalue weighted by molar-refractivity contribution is 6.14. The summed E-state index contributed by atoms with van der Waals surface area (Å²) >= 11 is 0. The zero-order valence-corrected chi connectivity index (χ0v) is 12.4. The molecule has 1 aromatic heterocycles. The molecule has 0 spiro atoms. The monoisotopic (exact) mass is 298 g/mol. The Kier molecular flexibility index (Phi) is 3.33. The number of carbonyl (C=O) groups excluding carboxylic acids is 1. The number of fused-ring (bicyclic) bond motifs is 3. The maximum absolute atomic E-state index is 12.2. The molecule has 22 heavy (non-hydrogen) atoms. The molecule has 0 aliphatic heterocycles. The summed E-state index contributed by atoms with van der Waals surface area (Å²) in [5.74, 6) is 0.776. The van der Waals surface area contributed by atoms with Gasteiger partial charge in [-0.25, -0.2) is 4.79 Å². The van der Waals surface area contributed by atoms with Crippen LogP contribution >= 0.6 is 0 Å². The van der Waals surface area contributed by atoms with Crippen molar-refractivity contribution in [3.05, 3.63) is 46.3 Å². The molecule has 0 bridgehead atoms. The molecule has 0 fully saturated rings. The molecule has 0 N–H and O–H groups in total. The first-order valence-corrected chi connectivity index (χ1v) is 6.69. The number of hydrogen-bond donors (Lipinski definition) is 0. The predicted molar refractivity (Wildman–Crippen MR) is 83.1 cm³/mol. The van der Waals surface area contributed by atoms with Gasteiger partial charge in [0.2, 0.25) is 0 Å². The number of ketones is 1. The van der Waals surface area contributed by atoms with Crippen molar-refractivity contribution in [2.24, 2.45) is 0 Å². The van der Waals surface area contributed by atoms with Crippen LogP contribution in [0.5, 0.6) is 11.5 Å². The van der Waals surface area contributed by atoms with Crippen molar-refractivity contribution < 1.29 is 18.7 Å². The van der Waals surface area contributed by atoms with E-state index in [0.29, 0.717) is 27.7 Å². The van der Waals surface area contributed by atoms with Crippen molar-refractivity contribution in [1.82, 2.24) is 0 Å². The molecule has 0 saturated carbocycles. The van der Waals surface area contributed by atoms with Crippen molar-refractivity contribution in [3.8, 4) is 11.5 Å². The fourth-order valence-corrected chi connectivity index (χ4v) is 2.59. The maximum atomic E-state index is 12.2. The Morgan fingerprint density at radius 3 is 2.36 bits per heavy atom. The lowest BCUT2D eigenvalue weighted by molar-refractivity contribution is 0.101. The largest absolute Gasteiger partial charge is 0.497 e. The Balaban J connectivity index is 2.55. The molecule has 5 nitrogen and oxygen atoms in total. The molecule has 0 saturated heterocycles. The highest BCUT2D eigenvalue weighted by Gasteiger charge is 2.18. The molecular weight excluding hydrogens is 284 g/mol. The second-order valence-electron chi connectivity index (χ2n) is 4.88. The van der Waals surface area contributed by atoms with Crippen molar-refractivity contribution in [2.45, 2.75) is 6.92 Å². The van der Waals surface area contributed by atoms with E-state index in [4.69, 9.17) is 13.9 Å². The zero-order valence-electron chi connectivity index (χ0n) is 12.4. The lowest BCUT2D eigenvalue weighted by Crippen LogP contribution is -2.05. The van der Waals surface area contributed by atoms with Crippen LogP contribution in [-0.2, 0) is 0 Å². The van der Waals surface area contributed by atoms with Gasteiger partial charge >= 0.3 is 5.63 Å². The van der Waals surface area contributed by atoms with E-state index in [1.807, 2.05) is 0 Å². The molecule has 0 aliphatic carbocycles. The third kappa shape index (κ3) is 2.02. The lowest BCUT2D eigenvalue weighted by Gasteiger charge is -2.10. The van der Waals surface area contributed by atoms with E-state index < -0.39 is 5.63 Å². The van der Waals surface area contributed by atoms with Gasteiger partial charge in [-0.15, -0.1) is 0 Å². The summed E-state index contributed by atoms with van der Waals surface area (Å²) < 4.78 is 15.8. The fraction of sp³-hybridized carbons (Fsp3) is 0.176. The van der Waals surface area contributed by atoms with Gasteiger partial charge < -0.3 is 13.9 Å². The van der Waals surface area contributed by atoms with Gasteiger partial charge in [-0.05, 0) is 37.3 Å². The summed E-state index contributed by atoms with van der Waals surface area (Å²) in [5.41, 5.74) is 0.000305. The van der Waals surface area contributed by atoms with Gasteiger partial charge in [-0.2, -0.15) is 0 Å². The van der Waals surface area contributed by atoms with Gasteiger partial charge in [-0.1, -0.05) is 0 Å². The first-order chi connectivity index (χ1) is 10.6. The predicted octanol–water partition coefficient (Wildman–Crippen LogP) is 3.17. The number of hydrogen-bond acceptors (Lipinski definition) is 5. The Hall–Kier alpha value is -2.82. The van der Waals surface area contributed by atoms with Crippen LogP contribution in [-0.4, -0.2) is 20.0 Å². The van der Waals surface area contributed by atoms with E-state index in [0.717, 1.165) is 0 Å². The molecule has 3 aromatic rings. The third-order valence-electron chi connectivity index (χ3n) is 3.62. The van der Waals surface area contributed by atoms with Crippen LogP contribution in [0.25, 0.3) is 21.7 Å². The Morgan fingerprint density at radius 2 is 1.73 bits per heavy atom. The Morgan fingerprint density at radius 1 is 1.00 bits per heavy atom. The normalized spacial score (nSPS) is 10.9. The standard InChI is InChI=1S/C17H14O5/c1-9(18)15-14(21-3)7-6-11-13-8-10(20-2)4-5-12(13)17(19)22-16(11)15/h4-8H,1-3H3. The van der Waals surface area contributed by atoms with Crippen LogP contribution < -0.4 is 15.1 Å². The van der Waals surface area contributed by atoms with Gasteiger partial charge in [0, 0.05) is 10.8 Å². The highest BCUT2D eigenvalue weighted by Crippen LogP contribution is 2.33. The SMILES string of the molecule is COc1ccc2c(=O)oc3c(C(C)=O)c(OC)ccc3c2c1. The molecule has 0 atom stereocenters. The van der Waals surface area contributed by atoms with Gasteiger partial charge in [0.25, 0.3) is 0 Å². The third-order valence-corrected chi connectivity index (χ3v) is 3.62. The number of benzene rings is 2. The number of rotatable bonds is 3. The first kappa shape index (κ1) is 14.1. The lowest BCUT2D eigenvalue weighted by atomic mass is 10.0. The number of methoxy groups -OCH3 is 2. The Labute approximate surface area is 126 Å². The van der Waals surface area contributed by atoms with Crippen LogP contribution in [0, 0.1) is 0 Å². The average molecular weight is 298 g/mol. The molecular formula is C17H14O5. The fourth-order valence-electron chi connectivity index (χ4n) is 2.59. The van der Waals surface area contributed by atoms with Crippen molar-refractivity contribution in [3.63, 3.8) is 0 Å². The second kappa shape index (κ2) is 5.18. The molecule has 2 aromatic carbocycles. The minimum atomic E-state index is -0.499. The minimum Gasteiger partial charge on any atom is -0.497 e. The van der Waals surface area contributed by atoms with Crippen molar-refractivity contribution in [1.29, 1.82) is 0 Å². The van der Waals surface area contributed by atoms with E-state index in [2.05, 4.69) is 0 Å². The van der Waals surface area contributed by atoms with Gasteiger partial charge in [0.05, 0.1) is 19.6 Å². The molecule has 0 radical (unpaired) electrons.